The van der Waals surface area contributed by atoms with E-state index >= 15 is 0 Å². The fraction of sp³-hybridized carbons (Fsp3) is 1.00. The van der Waals surface area contributed by atoms with Gasteiger partial charge in [-0.15, -0.1) is 0 Å². The van der Waals surface area contributed by atoms with Gasteiger partial charge < -0.3 is 10.2 Å². The van der Waals surface area contributed by atoms with Crippen molar-refractivity contribution in [2.24, 2.45) is 57.7 Å². The third-order valence-electron chi connectivity index (χ3n) is 11.1. The molecule has 0 amide bonds. The molecule has 3 unspecified atom stereocenters. The maximum absolute atomic E-state index is 11.3. The zero-order chi connectivity index (χ0) is 18.6. The second-order valence-electron chi connectivity index (χ2n) is 12.0. The van der Waals surface area contributed by atoms with Crippen molar-refractivity contribution in [3.63, 3.8) is 0 Å². The van der Waals surface area contributed by atoms with Crippen molar-refractivity contribution < 1.29 is 10.2 Å². The van der Waals surface area contributed by atoms with Crippen molar-refractivity contribution in [3.8, 4) is 0 Å². The third-order valence-corrected chi connectivity index (χ3v) is 11.1. The van der Waals surface area contributed by atoms with Crippen molar-refractivity contribution in [1.29, 1.82) is 0 Å². The highest BCUT2D eigenvalue weighted by atomic mass is 16.3. The molecule has 0 bridgehead atoms. The van der Waals surface area contributed by atoms with E-state index in [0.29, 0.717) is 22.7 Å². The van der Waals surface area contributed by atoms with E-state index in [-0.39, 0.29) is 17.6 Å². The van der Waals surface area contributed by atoms with E-state index in [9.17, 15) is 10.2 Å². The fourth-order valence-electron chi connectivity index (χ4n) is 8.96. The van der Waals surface area contributed by atoms with E-state index in [4.69, 9.17) is 0 Å². The first-order valence-electron chi connectivity index (χ1n) is 11.5. The van der Waals surface area contributed by atoms with Gasteiger partial charge in [0.05, 0.1) is 12.2 Å². The van der Waals surface area contributed by atoms with Gasteiger partial charge >= 0.3 is 0 Å². The van der Waals surface area contributed by atoms with Gasteiger partial charge in [-0.1, -0.05) is 34.6 Å². The van der Waals surface area contributed by atoms with Crippen molar-refractivity contribution in [2.75, 3.05) is 0 Å². The summed E-state index contributed by atoms with van der Waals surface area (Å²) in [5.74, 6) is 5.74. The van der Waals surface area contributed by atoms with Crippen LogP contribution in [0.4, 0.5) is 0 Å². The lowest BCUT2D eigenvalue weighted by Gasteiger charge is -2.60. The van der Waals surface area contributed by atoms with Crippen LogP contribution in [0.1, 0.15) is 79.6 Å². The first kappa shape index (κ1) is 18.0. The van der Waals surface area contributed by atoms with Gasteiger partial charge in [0.25, 0.3) is 0 Å². The summed E-state index contributed by atoms with van der Waals surface area (Å²) in [5, 5.41) is 21.5. The Morgan fingerprint density at radius 2 is 1.73 bits per heavy atom. The predicted molar refractivity (Wildman–Crippen MR) is 104 cm³/mol. The van der Waals surface area contributed by atoms with Gasteiger partial charge in [-0.05, 0) is 103 Å². The number of aliphatic hydroxyl groups excluding tert-OH is 2. The molecule has 0 saturated heterocycles. The van der Waals surface area contributed by atoms with Crippen LogP contribution in [0, 0.1) is 57.7 Å². The number of hydrogen-bond donors (Lipinski definition) is 2. The molecule has 0 aliphatic heterocycles. The average molecular weight is 361 g/mol. The smallest absolute Gasteiger partial charge is 0.0627 e. The van der Waals surface area contributed by atoms with Crippen molar-refractivity contribution in [3.05, 3.63) is 0 Å². The molecule has 0 aromatic rings. The monoisotopic (exact) mass is 360 g/mol. The van der Waals surface area contributed by atoms with Crippen LogP contribution in [0.5, 0.6) is 0 Å². The van der Waals surface area contributed by atoms with Crippen molar-refractivity contribution >= 4 is 0 Å². The van der Waals surface area contributed by atoms with Crippen molar-refractivity contribution in [2.45, 2.75) is 91.8 Å². The van der Waals surface area contributed by atoms with Gasteiger partial charge in [0.1, 0.15) is 0 Å². The molecule has 148 valence electrons. The minimum atomic E-state index is -0.193. The van der Waals surface area contributed by atoms with Gasteiger partial charge in [-0.2, -0.15) is 0 Å². The Labute approximate surface area is 160 Å². The summed E-state index contributed by atoms with van der Waals surface area (Å²) in [4.78, 5) is 0. The molecule has 5 aliphatic rings. The molecule has 2 N–H and O–H groups in total. The standard InChI is InChI=1S/C24H40O2/c1-6-13(25)7-9-23(4)17-8-10-24(5)20(16-12-18(16)22(24,2)3)19(17)14-11-15(14)21(23)26/h13-21,25-26H,6-12H2,1-5H3/t13-,14+,15-,16-,17?,18+,19?,20?,21-,23-,24+/m1/s1. The summed E-state index contributed by atoms with van der Waals surface area (Å²) < 4.78 is 0. The average Bonchev–Trinajstić information content (AvgIpc) is 3.49. The third kappa shape index (κ3) is 2.02. The Bertz CT molecular complexity index is 599. The quantitative estimate of drug-likeness (QED) is 0.750. The SMILES string of the molecule is CC[C@@H](O)CC[C@]1(C)C2CC[C@@]3(C)C(C2[C@H]2C[C@H]2[C@H]1O)[C@@H]1C[C@@H]1C3(C)C. The van der Waals surface area contributed by atoms with Crippen LogP contribution in [0.3, 0.4) is 0 Å². The largest absolute Gasteiger partial charge is 0.393 e. The summed E-state index contributed by atoms with van der Waals surface area (Å²) in [7, 11) is 0. The second-order valence-corrected chi connectivity index (χ2v) is 12.0. The maximum atomic E-state index is 11.3. The molecule has 11 atom stereocenters. The Balaban J connectivity index is 1.48. The summed E-state index contributed by atoms with van der Waals surface area (Å²) in [5.41, 5.74) is 1.04. The normalized spacial score (nSPS) is 59.7. The van der Waals surface area contributed by atoms with Crippen LogP contribution < -0.4 is 0 Å². The zero-order valence-electron chi connectivity index (χ0n) is 17.5. The number of rotatable bonds is 4. The van der Waals surface area contributed by atoms with Gasteiger partial charge in [0.15, 0.2) is 0 Å². The molecule has 2 nitrogen and oxygen atoms in total. The molecule has 0 radical (unpaired) electrons. The highest BCUT2D eigenvalue weighted by Gasteiger charge is 2.76. The van der Waals surface area contributed by atoms with E-state index < -0.39 is 0 Å². The molecule has 5 aliphatic carbocycles. The van der Waals surface area contributed by atoms with E-state index in [1.165, 1.54) is 25.7 Å². The van der Waals surface area contributed by atoms with Crippen LogP contribution in [0.2, 0.25) is 0 Å². The number of hydrogen-bond acceptors (Lipinski definition) is 2. The molecule has 0 spiro atoms. The molecule has 0 aromatic heterocycles. The van der Waals surface area contributed by atoms with Gasteiger partial charge in [-0.25, -0.2) is 0 Å². The van der Waals surface area contributed by atoms with Gasteiger partial charge in [-0.3, -0.25) is 0 Å². The molecular formula is C24H40O2. The van der Waals surface area contributed by atoms with Crippen LogP contribution in [0.25, 0.3) is 0 Å². The first-order chi connectivity index (χ1) is 12.2. The van der Waals surface area contributed by atoms with E-state index in [1.54, 1.807) is 0 Å². The van der Waals surface area contributed by atoms with Gasteiger partial charge in [0, 0.05) is 0 Å². The molecule has 0 aromatic carbocycles. The highest BCUT2D eigenvalue weighted by molar-refractivity contribution is 5.24. The summed E-state index contributed by atoms with van der Waals surface area (Å²) in [6.07, 6.45) is 7.80. The van der Waals surface area contributed by atoms with E-state index in [2.05, 4.69) is 34.6 Å². The van der Waals surface area contributed by atoms with Crippen LogP contribution >= 0.6 is 0 Å². The summed E-state index contributed by atoms with van der Waals surface area (Å²) in [6.45, 7) is 12.2. The van der Waals surface area contributed by atoms with E-state index in [1.807, 2.05) is 0 Å². The molecule has 5 saturated carbocycles. The molecule has 5 fully saturated rings. The molecular weight excluding hydrogens is 320 g/mol. The molecule has 0 heterocycles. The minimum Gasteiger partial charge on any atom is -0.393 e. The fourth-order valence-corrected chi connectivity index (χ4v) is 8.96. The Morgan fingerprint density at radius 3 is 2.42 bits per heavy atom. The van der Waals surface area contributed by atoms with Crippen molar-refractivity contribution in [1.82, 2.24) is 0 Å². The van der Waals surface area contributed by atoms with E-state index in [0.717, 1.165) is 48.9 Å². The Hall–Kier alpha value is -0.0800. The van der Waals surface area contributed by atoms with Crippen LogP contribution in [-0.2, 0) is 0 Å². The second kappa shape index (κ2) is 5.29. The zero-order valence-corrected chi connectivity index (χ0v) is 17.5. The number of aliphatic hydroxyl groups is 2. The highest BCUT2D eigenvalue weighted by Crippen LogP contribution is 2.81. The lowest BCUT2D eigenvalue weighted by molar-refractivity contribution is -0.153. The van der Waals surface area contributed by atoms with Crippen LogP contribution in [0.15, 0.2) is 0 Å². The molecule has 2 heteroatoms. The molecule has 5 rings (SSSR count). The Kier molecular flexibility index (Phi) is 3.66. The van der Waals surface area contributed by atoms with Gasteiger partial charge in [0.2, 0.25) is 0 Å². The predicted octanol–water partition coefficient (Wildman–Crippen LogP) is 4.88. The Morgan fingerprint density at radius 1 is 1.00 bits per heavy atom. The maximum Gasteiger partial charge on any atom is 0.0627 e. The number of fused-ring (bicyclic) bond motifs is 7. The lowest BCUT2D eigenvalue weighted by atomic mass is 9.45. The summed E-state index contributed by atoms with van der Waals surface area (Å²) >= 11 is 0. The lowest BCUT2D eigenvalue weighted by Crippen LogP contribution is -2.57. The van der Waals surface area contributed by atoms with Crippen LogP contribution in [-0.4, -0.2) is 22.4 Å². The first-order valence-corrected chi connectivity index (χ1v) is 11.5. The summed E-state index contributed by atoms with van der Waals surface area (Å²) in [6, 6.07) is 0. The molecule has 26 heavy (non-hydrogen) atoms. The topological polar surface area (TPSA) is 40.5 Å². The minimum absolute atomic E-state index is 0.0247.